The van der Waals surface area contributed by atoms with Crippen LogP contribution in [0.15, 0.2) is 0 Å². The summed E-state index contributed by atoms with van der Waals surface area (Å²) in [6.07, 6.45) is 26.1. The summed E-state index contributed by atoms with van der Waals surface area (Å²) in [5.74, 6) is -0.425. The van der Waals surface area contributed by atoms with Crippen LogP contribution in [-0.2, 0) is 14.5 Å². The van der Waals surface area contributed by atoms with Gasteiger partial charge in [0.2, 0.25) is 0 Å². The van der Waals surface area contributed by atoms with Crippen LogP contribution in [0, 0.1) is 17.3 Å². The Bertz CT molecular complexity index is 850. The van der Waals surface area contributed by atoms with Gasteiger partial charge in [0.05, 0.1) is 18.6 Å². The molecule has 0 aromatic heterocycles. The molecule has 0 aliphatic carbocycles. The molecule has 50 heavy (non-hydrogen) atoms. The molecule has 0 unspecified atom stereocenters. The number of carboxylic acid groups (broad SMARTS) is 1. The van der Waals surface area contributed by atoms with Gasteiger partial charge in [-0.3, -0.25) is 14.5 Å². The SMILES string of the molecule is CCCCCCCCON1C(C)(C)CC(C(CCCCCCCC)(C(=O)O)C2CC(C)(C)N(OCCCCCCCC)C(C)(C)C2)CC1(C)C. The van der Waals surface area contributed by atoms with E-state index in [0.29, 0.717) is 0 Å². The quantitative estimate of drug-likeness (QED) is 0.0904. The second kappa shape index (κ2) is 21.3. The van der Waals surface area contributed by atoms with Crippen LogP contribution in [-0.4, -0.2) is 56.6 Å². The normalized spacial score (nSPS) is 21.5. The summed E-state index contributed by atoms with van der Waals surface area (Å²) in [6.45, 7) is 26.7. The predicted octanol–water partition coefficient (Wildman–Crippen LogP) is 12.9. The Morgan fingerprint density at radius 3 is 1.10 bits per heavy atom. The van der Waals surface area contributed by atoms with Crippen LogP contribution in [0.25, 0.3) is 0 Å². The fraction of sp³-hybridized carbons (Fsp3) is 0.977. The number of aliphatic carboxylic acids is 1. The number of nitrogens with zero attached hydrogens (tertiary/aromatic N) is 2. The van der Waals surface area contributed by atoms with E-state index in [-0.39, 0.29) is 34.0 Å². The van der Waals surface area contributed by atoms with Gasteiger partial charge in [-0.15, -0.1) is 0 Å². The standard InChI is InChI=1S/C44H86N2O4/c1-12-15-18-21-24-27-30-44(39(47)48,37-33-40(4,5)45(41(6,7)34-37)49-31-28-25-22-19-16-13-2)38-35-42(8,9)46(43(10,11)36-38)50-32-29-26-23-20-17-14-3/h37-38H,12-36H2,1-11H3,(H,47,48). The van der Waals surface area contributed by atoms with E-state index in [1.807, 2.05) is 0 Å². The van der Waals surface area contributed by atoms with Gasteiger partial charge in [0.1, 0.15) is 0 Å². The third-order valence-corrected chi connectivity index (χ3v) is 12.4. The van der Waals surface area contributed by atoms with Crippen molar-refractivity contribution in [3.05, 3.63) is 0 Å². The first-order valence-electron chi connectivity index (χ1n) is 21.6. The minimum absolute atomic E-state index is 0.0710. The molecule has 1 N–H and O–H groups in total. The number of carbonyl (C=O) groups is 1. The molecule has 296 valence electrons. The lowest BCUT2D eigenvalue weighted by atomic mass is 9.52. The molecule has 0 saturated carbocycles. The van der Waals surface area contributed by atoms with Crippen LogP contribution in [0.4, 0.5) is 0 Å². The minimum Gasteiger partial charge on any atom is -0.481 e. The molecule has 0 aromatic carbocycles. The van der Waals surface area contributed by atoms with Crippen LogP contribution in [0.1, 0.15) is 224 Å². The van der Waals surface area contributed by atoms with Crippen molar-refractivity contribution in [1.29, 1.82) is 0 Å². The minimum atomic E-state index is -0.787. The molecule has 6 heteroatoms. The maximum absolute atomic E-state index is 14.1. The Kier molecular flexibility index (Phi) is 19.3. The summed E-state index contributed by atoms with van der Waals surface area (Å²) in [5.41, 5.74) is -1.83. The highest BCUT2D eigenvalue weighted by atomic mass is 16.7. The first kappa shape index (κ1) is 45.5. The van der Waals surface area contributed by atoms with E-state index in [1.54, 1.807) is 0 Å². The van der Waals surface area contributed by atoms with E-state index in [2.05, 4.69) is 86.3 Å². The fourth-order valence-electron chi connectivity index (χ4n) is 10.4. The molecule has 0 bridgehead atoms. The molecule has 2 aliphatic rings. The maximum atomic E-state index is 14.1. The van der Waals surface area contributed by atoms with Crippen LogP contribution < -0.4 is 0 Å². The molecule has 0 spiro atoms. The number of rotatable bonds is 26. The maximum Gasteiger partial charge on any atom is 0.310 e. The zero-order valence-corrected chi connectivity index (χ0v) is 35.4. The number of hydrogen-bond acceptors (Lipinski definition) is 5. The molecule has 2 aliphatic heterocycles. The van der Waals surface area contributed by atoms with Gasteiger partial charge in [-0.1, -0.05) is 124 Å². The van der Waals surface area contributed by atoms with E-state index >= 15 is 0 Å². The Morgan fingerprint density at radius 1 is 0.520 bits per heavy atom. The van der Waals surface area contributed by atoms with Crippen molar-refractivity contribution in [2.45, 2.75) is 246 Å². The number of piperidine rings is 2. The van der Waals surface area contributed by atoms with Crippen molar-refractivity contribution in [1.82, 2.24) is 10.1 Å². The second-order valence-corrected chi connectivity index (χ2v) is 19.1. The zero-order chi connectivity index (χ0) is 37.5. The Balaban J connectivity index is 2.33. The van der Waals surface area contributed by atoms with E-state index in [1.165, 1.54) is 89.9 Å². The topological polar surface area (TPSA) is 62.2 Å². The van der Waals surface area contributed by atoms with E-state index < -0.39 is 11.4 Å². The third-order valence-electron chi connectivity index (χ3n) is 12.4. The Hall–Kier alpha value is -0.690. The molecule has 0 amide bonds. The van der Waals surface area contributed by atoms with E-state index in [4.69, 9.17) is 9.68 Å². The van der Waals surface area contributed by atoms with Crippen LogP contribution >= 0.6 is 0 Å². The number of hydrogen-bond donors (Lipinski definition) is 1. The summed E-state index contributed by atoms with van der Waals surface area (Å²) < 4.78 is 0. The summed E-state index contributed by atoms with van der Waals surface area (Å²) in [5, 5.41) is 16.2. The largest absolute Gasteiger partial charge is 0.481 e. The highest BCUT2D eigenvalue weighted by molar-refractivity contribution is 5.76. The van der Waals surface area contributed by atoms with Crippen LogP contribution in [0.3, 0.4) is 0 Å². The van der Waals surface area contributed by atoms with Crippen molar-refractivity contribution in [3.8, 4) is 0 Å². The molecule has 2 saturated heterocycles. The first-order valence-corrected chi connectivity index (χ1v) is 21.6. The molecule has 0 radical (unpaired) electrons. The highest BCUT2D eigenvalue weighted by Gasteiger charge is 2.61. The summed E-state index contributed by atoms with van der Waals surface area (Å²) in [6, 6.07) is 0. The predicted molar refractivity (Wildman–Crippen MR) is 212 cm³/mol. The molecule has 2 heterocycles. The average Bonchev–Trinajstić information content (AvgIpc) is 3.00. The number of hydroxylamine groups is 4. The summed E-state index contributed by atoms with van der Waals surface area (Å²) in [4.78, 5) is 27.4. The third kappa shape index (κ3) is 13.0. The van der Waals surface area contributed by atoms with Gasteiger partial charge < -0.3 is 5.11 Å². The zero-order valence-electron chi connectivity index (χ0n) is 35.4. The molecule has 6 nitrogen and oxygen atoms in total. The molecular weight excluding hydrogens is 620 g/mol. The van der Waals surface area contributed by atoms with Gasteiger partial charge in [-0.2, -0.15) is 10.1 Å². The first-order chi connectivity index (χ1) is 23.5. The Morgan fingerprint density at radius 2 is 0.800 bits per heavy atom. The van der Waals surface area contributed by atoms with Gasteiger partial charge in [-0.05, 0) is 112 Å². The lowest BCUT2D eigenvalue weighted by molar-refractivity contribution is -0.307. The van der Waals surface area contributed by atoms with E-state index in [0.717, 1.165) is 71.0 Å². The second-order valence-electron chi connectivity index (χ2n) is 19.1. The molecular formula is C44H86N2O4. The lowest BCUT2D eigenvalue weighted by Gasteiger charge is -2.61. The molecule has 2 fully saturated rings. The number of carboxylic acids is 1. The van der Waals surface area contributed by atoms with Gasteiger partial charge >= 0.3 is 5.97 Å². The molecule has 0 atom stereocenters. The van der Waals surface area contributed by atoms with Crippen molar-refractivity contribution in [2.75, 3.05) is 13.2 Å². The van der Waals surface area contributed by atoms with Crippen molar-refractivity contribution in [3.63, 3.8) is 0 Å². The van der Waals surface area contributed by atoms with Crippen LogP contribution in [0.2, 0.25) is 0 Å². The molecule has 0 aromatic rings. The van der Waals surface area contributed by atoms with Gasteiger partial charge in [0, 0.05) is 22.2 Å². The monoisotopic (exact) mass is 707 g/mol. The lowest BCUT2D eigenvalue weighted by Crippen LogP contribution is -2.67. The van der Waals surface area contributed by atoms with Crippen molar-refractivity contribution < 1.29 is 19.6 Å². The van der Waals surface area contributed by atoms with E-state index in [9.17, 15) is 9.90 Å². The van der Waals surface area contributed by atoms with Gasteiger partial charge in [-0.25, -0.2) is 0 Å². The summed E-state index contributed by atoms with van der Waals surface area (Å²) in [7, 11) is 0. The van der Waals surface area contributed by atoms with Gasteiger partial charge in [0.15, 0.2) is 0 Å². The highest BCUT2D eigenvalue weighted by Crippen LogP contribution is 2.58. The average molecular weight is 707 g/mol. The Labute approximate surface area is 311 Å². The van der Waals surface area contributed by atoms with Crippen LogP contribution in [0.5, 0.6) is 0 Å². The summed E-state index contributed by atoms with van der Waals surface area (Å²) >= 11 is 0. The van der Waals surface area contributed by atoms with Crippen molar-refractivity contribution in [2.24, 2.45) is 17.3 Å². The smallest absolute Gasteiger partial charge is 0.310 e. The van der Waals surface area contributed by atoms with Crippen molar-refractivity contribution >= 4 is 5.97 Å². The van der Waals surface area contributed by atoms with Gasteiger partial charge in [0.25, 0.3) is 0 Å². The number of unbranched alkanes of at least 4 members (excludes halogenated alkanes) is 15. The molecule has 2 rings (SSSR count). The fourth-order valence-corrected chi connectivity index (χ4v) is 10.4.